The predicted octanol–water partition coefficient (Wildman–Crippen LogP) is 1.03. The summed E-state index contributed by atoms with van der Waals surface area (Å²) >= 11 is 10.4. The summed E-state index contributed by atoms with van der Waals surface area (Å²) in [5.41, 5.74) is 1.21. The fourth-order valence-corrected chi connectivity index (χ4v) is 1.33. The first-order valence-corrected chi connectivity index (χ1v) is 5.04. The molecule has 0 aromatic rings. The van der Waals surface area contributed by atoms with Crippen LogP contribution in [-0.2, 0) is 9.53 Å². The molecule has 0 radical (unpaired) electrons. The van der Waals surface area contributed by atoms with E-state index in [1.165, 1.54) is 0 Å². The van der Waals surface area contributed by atoms with Gasteiger partial charge in [0.15, 0.2) is 5.11 Å². The molecule has 1 rings (SSSR count). The molecule has 0 amide bonds. The van der Waals surface area contributed by atoms with Gasteiger partial charge in [-0.1, -0.05) is 18.2 Å². The Morgan fingerprint density at radius 2 is 2.40 bits per heavy atom. The summed E-state index contributed by atoms with van der Waals surface area (Å²) in [6.07, 6.45) is 0. The maximum Gasteiger partial charge on any atom is 0.337 e. The number of carbonyl (C=O) groups is 1. The molecule has 0 aromatic carbocycles. The molecule has 0 spiro atoms. The monoisotopic (exact) mass is 246 g/mol. The van der Waals surface area contributed by atoms with Crippen LogP contribution >= 0.6 is 23.8 Å². The third-order valence-electron chi connectivity index (χ3n) is 1.79. The van der Waals surface area contributed by atoms with Crippen molar-refractivity contribution in [2.24, 2.45) is 0 Å². The van der Waals surface area contributed by atoms with Gasteiger partial charge in [-0.2, -0.15) is 0 Å². The van der Waals surface area contributed by atoms with Crippen molar-refractivity contribution in [3.05, 3.63) is 22.9 Å². The first kappa shape index (κ1) is 12.0. The fourth-order valence-electron chi connectivity index (χ4n) is 1.05. The van der Waals surface area contributed by atoms with Crippen molar-refractivity contribution < 1.29 is 9.53 Å². The van der Waals surface area contributed by atoms with Gasteiger partial charge in [0.05, 0.1) is 12.1 Å². The minimum absolute atomic E-state index is 0.0155. The Balaban J connectivity index is 2.63. The molecule has 0 aliphatic carbocycles. The van der Waals surface area contributed by atoms with E-state index < -0.39 is 5.97 Å². The standard InChI is InChI=1S/C9H11ClN2O2S/c1-5(10)4-14-8(13)7-3-11-9(15)12-6(7)2/h1,3-4H2,2H3,(H2,11,12,15). The molecule has 82 valence electrons. The number of ether oxygens (including phenoxy) is 1. The third kappa shape index (κ3) is 3.53. The van der Waals surface area contributed by atoms with Gasteiger partial charge >= 0.3 is 5.97 Å². The average molecular weight is 247 g/mol. The lowest BCUT2D eigenvalue weighted by Gasteiger charge is -2.20. The lowest BCUT2D eigenvalue weighted by Crippen LogP contribution is -2.42. The number of halogens is 1. The summed E-state index contributed by atoms with van der Waals surface area (Å²) in [7, 11) is 0. The summed E-state index contributed by atoms with van der Waals surface area (Å²) in [4.78, 5) is 11.5. The van der Waals surface area contributed by atoms with Gasteiger partial charge in [-0.15, -0.1) is 0 Å². The fraction of sp³-hybridized carbons (Fsp3) is 0.333. The minimum Gasteiger partial charge on any atom is -0.456 e. The van der Waals surface area contributed by atoms with Crippen molar-refractivity contribution in [1.82, 2.24) is 10.6 Å². The second kappa shape index (κ2) is 5.14. The first-order valence-electron chi connectivity index (χ1n) is 4.25. The number of rotatable bonds is 3. The van der Waals surface area contributed by atoms with Crippen molar-refractivity contribution >= 4 is 34.9 Å². The van der Waals surface area contributed by atoms with E-state index in [9.17, 15) is 4.79 Å². The van der Waals surface area contributed by atoms with E-state index in [1.807, 2.05) is 0 Å². The average Bonchev–Trinajstić information content (AvgIpc) is 2.14. The molecule has 0 saturated heterocycles. The molecule has 0 atom stereocenters. The second-order valence-electron chi connectivity index (χ2n) is 3.00. The number of carbonyl (C=O) groups excluding carboxylic acids is 1. The molecule has 0 bridgehead atoms. The lowest BCUT2D eigenvalue weighted by atomic mass is 10.2. The van der Waals surface area contributed by atoms with Gasteiger partial charge in [0, 0.05) is 10.7 Å². The van der Waals surface area contributed by atoms with Crippen LogP contribution in [-0.4, -0.2) is 24.2 Å². The molecule has 6 heteroatoms. The van der Waals surface area contributed by atoms with Gasteiger partial charge in [0.2, 0.25) is 0 Å². The molecule has 2 N–H and O–H groups in total. The van der Waals surface area contributed by atoms with E-state index in [0.29, 0.717) is 22.9 Å². The zero-order valence-corrected chi connectivity index (χ0v) is 9.80. The number of hydrogen-bond donors (Lipinski definition) is 2. The van der Waals surface area contributed by atoms with E-state index in [-0.39, 0.29) is 11.6 Å². The summed E-state index contributed by atoms with van der Waals surface area (Å²) in [6, 6.07) is 0. The van der Waals surface area contributed by atoms with Crippen LogP contribution < -0.4 is 10.6 Å². The molecule has 0 fully saturated rings. The molecule has 0 saturated carbocycles. The lowest BCUT2D eigenvalue weighted by molar-refractivity contribution is -0.138. The molecular weight excluding hydrogens is 236 g/mol. The van der Waals surface area contributed by atoms with E-state index in [4.69, 9.17) is 28.6 Å². The first-order chi connectivity index (χ1) is 7.00. The van der Waals surface area contributed by atoms with Gasteiger partial charge in [-0.05, 0) is 19.1 Å². The van der Waals surface area contributed by atoms with E-state index in [1.54, 1.807) is 6.92 Å². The van der Waals surface area contributed by atoms with Crippen molar-refractivity contribution in [3.63, 3.8) is 0 Å². The van der Waals surface area contributed by atoms with Crippen LogP contribution in [0.4, 0.5) is 0 Å². The van der Waals surface area contributed by atoms with Crippen molar-refractivity contribution in [2.45, 2.75) is 6.92 Å². The van der Waals surface area contributed by atoms with Crippen LogP contribution in [0.1, 0.15) is 6.92 Å². The molecule has 1 heterocycles. The highest BCUT2D eigenvalue weighted by Crippen LogP contribution is 2.08. The van der Waals surface area contributed by atoms with Crippen LogP contribution in [0.5, 0.6) is 0 Å². The van der Waals surface area contributed by atoms with E-state index in [2.05, 4.69) is 17.2 Å². The maximum atomic E-state index is 11.5. The van der Waals surface area contributed by atoms with Crippen LogP contribution in [0.25, 0.3) is 0 Å². The van der Waals surface area contributed by atoms with E-state index in [0.717, 1.165) is 0 Å². The normalized spacial score (nSPS) is 15.5. The van der Waals surface area contributed by atoms with Crippen LogP contribution in [0.3, 0.4) is 0 Å². The summed E-state index contributed by atoms with van der Waals surface area (Å²) in [5, 5.41) is 6.47. The van der Waals surface area contributed by atoms with Gasteiger partial charge < -0.3 is 15.4 Å². The summed E-state index contributed by atoms with van der Waals surface area (Å²) < 4.78 is 4.90. The smallest absolute Gasteiger partial charge is 0.337 e. The van der Waals surface area contributed by atoms with Gasteiger partial charge in [-0.25, -0.2) is 4.79 Å². The number of thiocarbonyl (C=S) groups is 1. The largest absolute Gasteiger partial charge is 0.456 e. The number of nitrogens with one attached hydrogen (secondary N) is 2. The van der Waals surface area contributed by atoms with Gasteiger partial charge in [0.25, 0.3) is 0 Å². The van der Waals surface area contributed by atoms with Gasteiger partial charge in [0.1, 0.15) is 6.61 Å². The Morgan fingerprint density at radius 3 is 2.93 bits per heavy atom. The Labute approximate surface area is 98.3 Å². The van der Waals surface area contributed by atoms with Crippen LogP contribution in [0, 0.1) is 0 Å². The molecule has 1 aliphatic heterocycles. The predicted molar refractivity (Wildman–Crippen MR) is 62.4 cm³/mol. The maximum absolute atomic E-state index is 11.5. The highest BCUT2D eigenvalue weighted by molar-refractivity contribution is 7.80. The number of hydrogen-bond acceptors (Lipinski definition) is 3. The highest BCUT2D eigenvalue weighted by Gasteiger charge is 2.19. The zero-order chi connectivity index (χ0) is 11.4. The molecule has 4 nitrogen and oxygen atoms in total. The minimum atomic E-state index is -0.420. The Kier molecular flexibility index (Phi) is 4.11. The van der Waals surface area contributed by atoms with Gasteiger partial charge in [-0.3, -0.25) is 0 Å². The topological polar surface area (TPSA) is 50.4 Å². The SMILES string of the molecule is C=C(Cl)COC(=O)C1=C(C)NC(=S)NC1. The van der Waals surface area contributed by atoms with Crippen molar-refractivity contribution in [1.29, 1.82) is 0 Å². The number of esters is 1. The quantitative estimate of drug-likeness (QED) is 0.576. The van der Waals surface area contributed by atoms with Crippen LogP contribution in [0.15, 0.2) is 22.9 Å². The Morgan fingerprint density at radius 1 is 1.73 bits per heavy atom. The van der Waals surface area contributed by atoms with Crippen molar-refractivity contribution in [3.8, 4) is 0 Å². The Hall–Kier alpha value is -1.07. The molecule has 15 heavy (non-hydrogen) atoms. The molecular formula is C9H11ClN2O2S. The zero-order valence-electron chi connectivity index (χ0n) is 8.22. The number of allylic oxidation sites excluding steroid dienone is 1. The molecule has 0 unspecified atom stereocenters. The molecule has 1 aliphatic rings. The highest BCUT2D eigenvalue weighted by atomic mass is 35.5. The van der Waals surface area contributed by atoms with E-state index >= 15 is 0 Å². The van der Waals surface area contributed by atoms with Crippen molar-refractivity contribution in [2.75, 3.05) is 13.2 Å². The second-order valence-corrected chi connectivity index (χ2v) is 3.95. The third-order valence-corrected chi connectivity index (χ3v) is 2.14. The summed E-state index contributed by atoms with van der Waals surface area (Å²) in [5.74, 6) is -0.420. The summed E-state index contributed by atoms with van der Waals surface area (Å²) in [6.45, 7) is 5.57. The molecule has 0 aromatic heterocycles. The Bertz CT molecular complexity index is 352. The van der Waals surface area contributed by atoms with Crippen LogP contribution in [0.2, 0.25) is 0 Å².